The van der Waals surface area contributed by atoms with Crippen LogP contribution in [0.15, 0.2) is 57.7 Å². The molecule has 25 heavy (non-hydrogen) atoms. The summed E-state index contributed by atoms with van der Waals surface area (Å²) in [6.07, 6.45) is 3.17. The number of hydrogen-bond acceptors (Lipinski definition) is 6. The second kappa shape index (κ2) is 7.43. The number of pyridine rings is 1. The van der Waals surface area contributed by atoms with Crippen LogP contribution in [0.2, 0.25) is 0 Å². The highest BCUT2D eigenvalue weighted by atomic mass is 32.2. The summed E-state index contributed by atoms with van der Waals surface area (Å²) in [7, 11) is 0. The first-order valence-corrected chi connectivity index (χ1v) is 8.75. The average molecular weight is 358 g/mol. The first-order valence-electron chi connectivity index (χ1n) is 7.53. The van der Waals surface area contributed by atoms with Gasteiger partial charge < -0.3 is 4.74 Å². The summed E-state index contributed by atoms with van der Waals surface area (Å²) >= 11 is 1.58. The number of halogens is 1. The molecule has 3 aromatic rings. The normalized spacial score (nSPS) is 11.3. The Bertz CT molecular complexity index is 955. The summed E-state index contributed by atoms with van der Waals surface area (Å²) < 4.78 is 20.0. The van der Waals surface area contributed by atoms with Gasteiger partial charge in [-0.1, -0.05) is 6.07 Å². The Morgan fingerprint density at radius 2 is 2.16 bits per heavy atom. The highest BCUT2D eigenvalue weighted by molar-refractivity contribution is 7.98. The van der Waals surface area contributed by atoms with E-state index in [0.717, 1.165) is 4.90 Å². The van der Waals surface area contributed by atoms with Crippen molar-refractivity contribution >= 4 is 34.9 Å². The largest absolute Gasteiger partial charge is 0.461 e. The molecule has 0 bridgehead atoms. The minimum atomic E-state index is -0.626. The van der Waals surface area contributed by atoms with E-state index in [9.17, 15) is 9.18 Å². The zero-order valence-corrected chi connectivity index (χ0v) is 14.5. The van der Waals surface area contributed by atoms with Crippen molar-refractivity contribution < 1.29 is 13.9 Å². The molecule has 128 valence electrons. The van der Waals surface area contributed by atoms with Crippen LogP contribution >= 0.6 is 11.8 Å². The van der Waals surface area contributed by atoms with Gasteiger partial charge in [0, 0.05) is 11.1 Å². The van der Waals surface area contributed by atoms with Crippen molar-refractivity contribution in [3.05, 3.63) is 54.1 Å². The minimum absolute atomic E-state index is 0.00257. The molecule has 0 aliphatic heterocycles. The second-order valence-corrected chi connectivity index (χ2v) is 5.86. The molecule has 0 saturated heterocycles. The smallest absolute Gasteiger partial charge is 0.360 e. The lowest BCUT2D eigenvalue weighted by Gasteiger charge is -2.00. The molecule has 0 unspecified atom stereocenters. The second-order valence-electron chi connectivity index (χ2n) is 4.98. The molecular weight excluding hydrogens is 343 g/mol. The maximum absolute atomic E-state index is 13.6. The molecule has 0 amide bonds. The van der Waals surface area contributed by atoms with Gasteiger partial charge in [-0.3, -0.25) is 4.40 Å². The fourth-order valence-corrected chi connectivity index (χ4v) is 2.67. The number of carbonyl (C=O) groups excluding carboxylic acids is 1. The van der Waals surface area contributed by atoms with Crippen LogP contribution in [-0.4, -0.2) is 28.2 Å². The van der Waals surface area contributed by atoms with Gasteiger partial charge in [0.1, 0.15) is 11.5 Å². The molecule has 0 aliphatic rings. The Kier molecular flexibility index (Phi) is 5.08. The van der Waals surface area contributed by atoms with E-state index >= 15 is 0 Å². The maximum atomic E-state index is 13.6. The van der Waals surface area contributed by atoms with E-state index in [4.69, 9.17) is 4.74 Å². The molecule has 2 aromatic heterocycles. The van der Waals surface area contributed by atoms with Crippen LogP contribution in [0.5, 0.6) is 0 Å². The maximum Gasteiger partial charge on any atom is 0.360 e. The number of nitrogens with zero attached hydrogens (tertiary/aromatic N) is 4. The molecule has 1 aromatic carbocycles. The lowest BCUT2D eigenvalue weighted by atomic mass is 10.3. The van der Waals surface area contributed by atoms with Crippen LogP contribution in [0, 0.1) is 5.82 Å². The SMILES string of the molecule is CCOC(=O)c1nc2ccc(F)cn2c1N=Nc1cccc(SC)c1. The molecule has 8 heteroatoms. The fourth-order valence-electron chi connectivity index (χ4n) is 2.22. The van der Waals surface area contributed by atoms with Gasteiger partial charge in [-0.25, -0.2) is 14.2 Å². The number of carbonyl (C=O) groups is 1. The Labute approximate surface area is 147 Å². The molecule has 2 heterocycles. The van der Waals surface area contributed by atoms with Gasteiger partial charge in [-0.15, -0.1) is 22.0 Å². The van der Waals surface area contributed by atoms with Gasteiger partial charge in [-0.05, 0) is 43.5 Å². The lowest BCUT2D eigenvalue weighted by molar-refractivity contribution is 0.0521. The van der Waals surface area contributed by atoms with Crippen molar-refractivity contribution in [2.24, 2.45) is 10.2 Å². The number of fused-ring (bicyclic) bond motifs is 1. The van der Waals surface area contributed by atoms with E-state index in [0.29, 0.717) is 11.3 Å². The summed E-state index contributed by atoms with van der Waals surface area (Å²) in [5.74, 6) is -0.970. The monoisotopic (exact) mass is 358 g/mol. The zero-order chi connectivity index (χ0) is 17.8. The van der Waals surface area contributed by atoms with E-state index in [2.05, 4.69) is 15.2 Å². The van der Waals surface area contributed by atoms with Crippen molar-refractivity contribution in [3.63, 3.8) is 0 Å². The predicted molar refractivity (Wildman–Crippen MR) is 93.5 cm³/mol. The number of thioether (sulfide) groups is 1. The van der Waals surface area contributed by atoms with Crippen LogP contribution in [-0.2, 0) is 4.74 Å². The molecule has 0 fully saturated rings. The first kappa shape index (κ1) is 17.1. The summed E-state index contributed by atoms with van der Waals surface area (Å²) in [5.41, 5.74) is 1.00. The van der Waals surface area contributed by atoms with E-state index in [1.807, 2.05) is 24.5 Å². The molecule has 0 saturated carbocycles. The van der Waals surface area contributed by atoms with Crippen LogP contribution in [0.3, 0.4) is 0 Å². The standard InChI is InChI=1S/C17H15FN4O2S/c1-3-24-17(23)15-16(22-10-11(18)7-8-14(22)19-15)21-20-12-5-4-6-13(9-12)25-2/h4-10H,3H2,1-2H3. The Hall–Kier alpha value is -2.74. The van der Waals surface area contributed by atoms with Gasteiger partial charge in [-0.2, -0.15) is 0 Å². The number of benzene rings is 1. The topological polar surface area (TPSA) is 68.3 Å². The van der Waals surface area contributed by atoms with Crippen molar-refractivity contribution in [3.8, 4) is 0 Å². The number of esters is 1. The Morgan fingerprint density at radius 3 is 2.92 bits per heavy atom. The van der Waals surface area contributed by atoms with Crippen molar-refractivity contribution in [2.75, 3.05) is 12.9 Å². The number of hydrogen-bond donors (Lipinski definition) is 0. The molecule has 0 aliphatic carbocycles. The van der Waals surface area contributed by atoms with Crippen molar-refractivity contribution in [2.45, 2.75) is 11.8 Å². The third kappa shape index (κ3) is 3.69. The Morgan fingerprint density at radius 1 is 1.32 bits per heavy atom. The van der Waals surface area contributed by atoms with Gasteiger partial charge in [0.05, 0.1) is 12.3 Å². The number of imidazole rings is 1. The molecule has 0 spiro atoms. The van der Waals surface area contributed by atoms with Gasteiger partial charge in [0.15, 0.2) is 11.5 Å². The van der Waals surface area contributed by atoms with E-state index in [1.54, 1.807) is 24.8 Å². The summed E-state index contributed by atoms with van der Waals surface area (Å²) in [4.78, 5) is 17.4. The first-order chi connectivity index (χ1) is 12.1. The third-order valence-electron chi connectivity index (χ3n) is 3.34. The van der Waals surface area contributed by atoms with E-state index in [-0.39, 0.29) is 18.1 Å². The van der Waals surface area contributed by atoms with Crippen LogP contribution < -0.4 is 0 Å². The summed E-state index contributed by atoms with van der Waals surface area (Å²) in [5, 5.41) is 8.29. The highest BCUT2D eigenvalue weighted by Crippen LogP contribution is 2.27. The molecule has 0 radical (unpaired) electrons. The van der Waals surface area contributed by atoms with E-state index in [1.165, 1.54) is 22.7 Å². The molecule has 6 nitrogen and oxygen atoms in total. The average Bonchev–Trinajstić information content (AvgIpc) is 2.98. The molecular formula is C17H15FN4O2S. The molecule has 0 atom stereocenters. The zero-order valence-electron chi connectivity index (χ0n) is 13.6. The lowest BCUT2D eigenvalue weighted by Crippen LogP contribution is -2.05. The van der Waals surface area contributed by atoms with Crippen LogP contribution in [0.1, 0.15) is 17.4 Å². The summed E-state index contributed by atoms with van der Waals surface area (Å²) in [6, 6.07) is 10.2. The number of rotatable bonds is 5. The number of aromatic nitrogens is 2. The fraction of sp³-hybridized carbons (Fsp3) is 0.176. The molecule has 3 rings (SSSR count). The van der Waals surface area contributed by atoms with Crippen LogP contribution in [0.4, 0.5) is 15.9 Å². The molecule has 0 N–H and O–H groups in total. The van der Waals surface area contributed by atoms with E-state index < -0.39 is 11.8 Å². The number of ether oxygens (including phenoxy) is 1. The minimum Gasteiger partial charge on any atom is -0.461 e. The Balaban J connectivity index is 2.08. The highest BCUT2D eigenvalue weighted by Gasteiger charge is 2.20. The predicted octanol–water partition coefficient (Wildman–Crippen LogP) is 4.79. The van der Waals surface area contributed by atoms with Crippen molar-refractivity contribution in [1.29, 1.82) is 0 Å². The van der Waals surface area contributed by atoms with Gasteiger partial charge in [0.25, 0.3) is 0 Å². The number of azo groups is 1. The quantitative estimate of drug-likeness (QED) is 0.374. The third-order valence-corrected chi connectivity index (χ3v) is 4.06. The van der Waals surface area contributed by atoms with Gasteiger partial charge >= 0.3 is 5.97 Å². The van der Waals surface area contributed by atoms with Crippen LogP contribution in [0.25, 0.3) is 5.65 Å². The van der Waals surface area contributed by atoms with Crippen molar-refractivity contribution in [1.82, 2.24) is 9.38 Å². The summed E-state index contributed by atoms with van der Waals surface area (Å²) in [6.45, 7) is 1.90. The van der Waals surface area contributed by atoms with Gasteiger partial charge in [0.2, 0.25) is 0 Å².